The first kappa shape index (κ1) is 11.3. The molecule has 1 saturated heterocycles. The predicted molar refractivity (Wildman–Crippen MR) is 57.5 cm³/mol. The number of nitrogens with one attached hydrogen (secondary N) is 1. The van der Waals surface area contributed by atoms with Crippen LogP contribution in [0.4, 0.5) is 8.78 Å². The van der Waals surface area contributed by atoms with Crippen LogP contribution in [0.25, 0.3) is 0 Å². The third-order valence-corrected chi connectivity index (χ3v) is 3.18. The molecule has 1 heterocycles. The Morgan fingerprint density at radius 2 is 2.12 bits per heavy atom. The van der Waals surface area contributed by atoms with Crippen LogP contribution in [0.1, 0.15) is 25.3 Å². The summed E-state index contributed by atoms with van der Waals surface area (Å²) in [5.74, 6) is -1.08. The number of benzene rings is 1. The molecule has 0 aliphatic carbocycles. The highest BCUT2D eigenvalue weighted by molar-refractivity contribution is 5.41. The van der Waals surface area contributed by atoms with Crippen molar-refractivity contribution in [2.24, 2.45) is 0 Å². The summed E-state index contributed by atoms with van der Waals surface area (Å²) in [6.07, 6.45) is 1.85. The fraction of sp³-hybridized carbons (Fsp3) is 0.500. The lowest BCUT2D eigenvalue weighted by atomic mass is 9.89. The van der Waals surface area contributed by atoms with E-state index in [-0.39, 0.29) is 5.75 Å². The van der Waals surface area contributed by atoms with Crippen LogP contribution >= 0.6 is 0 Å². The molecular formula is C12H15F2NO. The van der Waals surface area contributed by atoms with Gasteiger partial charge in [0.2, 0.25) is 0 Å². The molecule has 1 N–H and O–H groups in total. The molecule has 4 heteroatoms. The third-order valence-electron chi connectivity index (χ3n) is 3.18. The van der Waals surface area contributed by atoms with Gasteiger partial charge in [-0.3, -0.25) is 0 Å². The van der Waals surface area contributed by atoms with Gasteiger partial charge in [0.25, 0.3) is 0 Å². The Bertz CT molecular complexity index is 400. The van der Waals surface area contributed by atoms with Crippen molar-refractivity contribution in [3.05, 3.63) is 29.3 Å². The first-order chi connectivity index (χ1) is 7.57. The molecule has 0 amide bonds. The minimum absolute atomic E-state index is 0.137. The molecule has 0 radical (unpaired) electrons. The van der Waals surface area contributed by atoms with Gasteiger partial charge in [0, 0.05) is 17.2 Å². The van der Waals surface area contributed by atoms with Gasteiger partial charge in [-0.1, -0.05) is 0 Å². The first-order valence-corrected chi connectivity index (χ1v) is 5.35. The third kappa shape index (κ3) is 1.78. The van der Waals surface area contributed by atoms with Crippen LogP contribution in [0.5, 0.6) is 5.75 Å². The Morgan fingerprint density at radius 1 is 1.38 bits per heavy atom. The van der Waals surface area contributed by atoms with Crippen molar-refractivity contribution < 1.29 is 13.5 Å². The predicted octanol–water partition coefficient (Wildman–Crippen LogP) is 2.57. The SMILES string of the molecule is COc1c(F)cc(F)cc1C1(C)CCCN1. The lowest BCUT2D eigenvalue weighted by Crippen LogP contribution is -2.33. The van der Waals surface area contributed by atoms with E-state index in [0.29, 0.717) is 5.56 Å². The number of methoxy groups -OCH3 is 1. The Balaban J connectivity index is 2.53. The van der Waals surface area contributed by atoms with E-state index >= 15 is 0 Å². The summed E-state index contributed by atoms with van der Waals surface area (Å²) in [6, 6.07) is 2.20. The number of hydrogen-bond acceptors (Lipinski definition) is 2. The number of halogens is 2. The number of hydrogen-bond donors (Lipinski definition) is 1. The van der Waals surface area contributed by atoms with Gasteiger partial charge in [0.1, 0.15) is 5.82 Å². The van der Waals surface area contributed by atoms with E-state index in [1.807, 2.05) is 6.92 Å². The molecule has 88 valence electrons. The van der Waals surface area contributed by atoms with E-state index in [1.54, 1.807) is 0 Å². The summed E-state index contributed by atoms with van der Waals surface area (Å²) in [6.45, 7) is 2.80. The molecule has 2 rings (SSSR count). The normalized spacial score (nSPS) is 24.8. The molecule has 1 aromatic carbocycles. The van der Waals surface area contributed by atoms with Crippen LogP contribution in [-0.4, -0.2) is 13.7 Å². The van der Waals surface area contributed by atoms with Crippen LogP contribution in [0.15, 0.2) is 12.1 Å². The Hall–Kier alpha value is -1.16. The van der Waals surface area contributed by atoms with Crippen LogP contribution in [0.2, 0.25) is 0 Å². The number of ether oxygens (including phenoxy) is 1. The highest BCUT2D eigenvalue weighted by Gasteiger charge is 2.34. The first-order valence-electron chi connectivity index (χ1n) is 5.35. The average Bonchev–Trinajstić information content (AvgIpc) is 2.65. The summed E-state index contributed by atoms with van der Waals surface area (Å²) >= 11 is 0. The van der Waals surface area contributed by atoms with E-state index in [4.69, 9.17) is 4.74 Å². The van der Waals surface area contributed by atoms with Crippen molar-refractivity contribution in [3.63, 3.8) is 0 Å². The monoisotopic (exact) mass is 227 g/mol. The second-order valence-corrected chi connectivity index (χ2v) is 4.33. The van der Waals surface area contributed by atoms with Gasteiger partial charge in [-0.2, -0.15) is 0 Å². The second-order valence-electron chi connectivity index (χ2n) is 4.33. The van der Waals surface area contributed by atoms with Crippen molar-refractivity contribution in [3.8, 4) is 5.75 Å². The molecular weight excluding hydrogens is 212 g/mol. The minimum atomic E-state index is -0.646. The van der Waals surface area contributed by atoms with Gasteiger partial charge in [-0.15, -0.1) is 0 Å². The van der Waals surface area contributed by atoms with Crippen LogP contribution in [0.3, 0.4) is 0 Å². The van der Waals surface area contributed by atoms with Gasteiger partial charge in [0.05, 0.1) is 7.11 Å². The smallest absolute Gasteiger partial charge is 0.168 e. The van der Waals surface area contributed by atoms with Crippen molar-refractivity contribution >= 4 is 0 Å². The zero-order valence-electron chi connectivity index (χ0n) is 9.44. The van der Waals surface area contributed by atoms with E-state index in [0.717, 1.165) is 25.5 Å². The van der Waals surface area contributed by atoms with Gasteiger partial charge < -0.3 is 10.1 Å². The maximum atomic E-state index is 13.5. The fourth-order valence-corrected chi connectivity index (χ4v) is 2.30. The van der Waals surface area contributed by atoms with Crippen LogP contribution in [0, 0.1) is 11.6 Å². The standard InChI is InChI=1S/C12H15F2NO/c1-12(4-3-5-15-12)9-6-8(13)7-10(14)11(9)16-2/h6-7,15H,3-5H2,1-2H3. The highest BCUT2D eigenvalue weighted by Crippen LogP contribution is 2.38. The Morgan fingerprint density at radius 3 is 2.69 bits per heavy atom. The summed E-state index contributed by atoms with van der Waals surface area (Å²) in [5.41, 5.74) is 0.166. The van der Waals surface area contributed by atoms with Crippen LogP contribution < -0.4 is 10.1 Å². The van der Waals surface area contributed by atoms with E-state index < -0.39 is 17.2 Å². The molecule has 0 spiro atoms. The molecule has 1 atom stereocenters. The fourth-order valence-electron chi connectivity index (χ4n) is 2.30. The summed E-state index contributed by atoms with van der Waals surface area (Å²) in [7, 11) is 1.40. The molecule has 1 aliphatic heterocycles. The molecule has 1 aliphatic rings. The number of rotatable bonds is 2. The largest absolute Gasteiger partial charge is 0.493 e. The van der Waals surface area contributed by atoms with Gasteiger partial charge in [-0.25, -0.2) is 8.78 Å². The van der Waals surface area contributed by atoms with Crippen molar-refractivity contribution in [1.29, 1.82) is 0 Å². The Kier molecular flexibility index (Phi) is 2.84. The molecule has 16 heavy (non-hydrogen) atoms. The van der Waals surface area contributed by atoms with E-state index in [2.05, 4.69) is 5.32 Å². The van der Waals surface area contributed by atoms with Crippen LogP contribution in [-0.2, 0) is 5.54 Å². The summed E-state index contributed by atoms with van der Waals surface area (Å²) < 4.78 is 31.8. The molecule has 0 bridgehead atoms. The zero-order chi connectivity index (χ0) is 11.8. The maximum Gasteiger partial charge on any atom is 0.168 e. The van der Waals surface area contributed by atoms with Gasteiger partial charge in [-0.05, 0) is 32.4 Å². The lowest BCUT2D eigenvalue weighted by Gasteiger charge is -2.27. The molecule has 0 saturated carbocycles. The molecule has 2 nitrogen and oxygen atoms in total. The highest BCUT2D eigenvalue weighted by atomic mass is 19.1. The Labute approximate surface area is 93.6 Å². The topological polar surface area (TPSA) is 21.3 Å². The van der Waals surface area contributed by atoms with E-state index in [9.17, 15) is 8.78 Å². The summed E-state index contributed by atoms with van der Waals surface area (Å²) in [5, 5.41) is 3.27. The van der Waals surface area contributed by atoms with E-state index in [1.165, 1.54) is 13.2 Å². The van der Waals surface area contributed by atoms with Crippen molar-refractivity contribution in [2.45, 2.75) is 25.3 Å². The average molecular weight is 227 g/mol. The van der Waals surface area contributed by atoms with Crippen molar-refractivity contribution in [2.75, 3.05) is 13.7 Å². The van der Waals surface area contributed by atoms with Gasteiger partial charge in [0.15, 0.2) is 11.6 Å². The molecule has 1 unspecified atom stereocenters. The summed E-state index contributed by atoms with van der Waals surface area (Å²) in [4.78, 5) is 0. The second kappa shape index (κ2) is 4.01. The quantitative estimate of drug-likeness (QED) is 0.838. The lowest BCUT2D eigenvalue weighted by molar-refractivity contribution is 0.347. The minimum Gasteiger partial charge on any atom is -0.493 e. The molecule has 1 aromatic rings. The molecule has 0 aromatic heterocycles. The maximum absolute atomic E-state index is 13.5. The van der Waals surface area contributed by atoms with Gasteiger partial charge >= 0.3 is 0 Å². The van der Waals surface area contributed by atoms with Crippen molar-refractivity contribution in [1.82, 2.24) is 5.32 Å². The molecule has 1 fully saturated rings. The zero-order valence-corrected chi connectivity index (χ0v) is 9.44.